The Morgan fingerprint density at radius 1 is 0.826 bits per heavy atom. The number of benzene rings is 1. The SMILES string of the molecule is Cc1cc(C)c(C(=O)P=c2c(C(C)(C)C)c2C(C)(C)C)c(C)c1. The molecule has 0 saturated carbocycles. The van der Waals surface area contributed by atoms with E-state index in [1.807, 2.05) is 13.8 Å². The average Bonchev–Trinajstić information content (AvgIpc) is 3.00. The maximum Gasteiger partial charge on any atom is 0.212 e. The summed E-state index contributed by atoms with van der Waals surface area (Å²) >= 11 is 0. The Bertz CT molecular complexity index is 733. The van der Waals surface area contributed by atoms with Crippen LogP contribution in [0.3, 0.4) is 0 Å². The zero-order valence-corrected chi connectivity index (χ0v) is 16.9. The van der Waals surface area contributed by atoms with Gasteiger partial charge in [-0.2, -0.15) is 0 Å². The van der Waals surface area contributed by atoms with Gasteiger partial charge >= 0.3 is 0 Å². The smallest absolute Gasteiger partial charge is 0.212 e. The number of hydrogen-bond acceptors (Lipinski definition) is 1. The van der Waals surface area contributed by atoms with E-state index in [9.17, 15) is 4.79 Å². The number of aryl methyl sites for hydroxylation is 3. The number of rotatable bonds is 2. The quantitative estimate of drug-likeness (QED) is 0.583. The molecule has 0 amide bonds. The fraction of sp³-hybridized carbons (Fsp3) is 0.524. The molecule has 2 aromatic rings. The van der Waals surface area contributed by atoms with E-state index in [-0.39, 0.29) is 16.4 Å². The first-order valence-electron chi connectivity index (χ1n) is 8.31. The van der Waals surface area contributed by atoms with Crippen LogP contribution in [0.1, 0.15) is 79.7 Å². The Hall–Kier alpha value is -1.20. The molecule has 0 unspecified atom stereocenters. The minimum absolute atomic E-state index is 0.114. The molecule has 0 aliphatic heterocycles. The van der Waals surface area contributed by atoms with Crippen LogP contribution in [-0.4, -0.2) is 5.52 Å². The van der Waals surface area contributed by atoms with Crippen LogP contribution in [0.15, 0.2) is 12.1 Å². The molecule has 0 heterocycles. The van der Waals surface area contributed by atoms with Crippen molar-refractivity contribution in [2.24, 2.45) is 0 Å². The molecule has 0 radical (unpaired) electrons. The fourth-order valence-electron chi connectivity index (χ4n) is 3.42. The molecule has 0 spiro atoms. The highest BCUT2D eigenvalue weighted by atomic mass is 31.1. The van der Waals surface area contributed by atoms with Crippen molar-refractivity contribution in [3.05, 3.63) is 50.5 Å². The third-order valence-corrected chi connectivity index (χ3v) is 5.36. The largest absolute Gasteiger partial charge is 0.284 e. The summed E-state index contributed by atoms with van der Waals surface area (Å²) in [6, 6.07) is 4.21. The summed E-state index contributed by atoms with van der Waals surface area (Å²) in [5.41, 5.74) is 7.58. The molecule has 2 heteroatoms. The summed E-state index contributed by atoms with van der Waals surface area (Å²) in [6.07, 6.45) is 0. The molecule has 0 atom stereocenters. The van der Waals surface area contributed by atoms with E-state index in [4.69, 9.17) is 0 Å². The van der Waals surface area contributed by atoms with Crippen LogP contribution < -0.4 is 0 Å². The van der Waals surface area contributed by atoms with Crippen molar-refractivity contribution in [2.45, 2.75) is 73.1 Å². The van der Waals surface area contributed by atoms with Gasteiger partial charge in [-0.25, -0.2) is 0 Å². The lowest BCUT2D eigenvalue weighted by Gasteiger charge is -2.18. The summed E-state index contributed by atoms with van der Waals surface area (Å²) in [5.74, 6) is 0. The predicted octanol–water partition coefficient (Wildman–Crippen LogP) is 6.40. The van der Waals surface area contributed by atoms with Gasteiger partial charge in [0.05, 0.1) is 0 Å². The van der Waals surface area contributed by atoms with E-state index in [2.05, 4.69) is 60.6 Å². The molecule has 0 bridgehead atoms. The first-order valence-corrected chi connectivity index (χ1v) is 9.20. The first kappa shape index (κ1) is 18.1. The second-order valence-corrected chi connectivity index (χ2v) is 9.87. The van der Waals surface area contributed by atoms with Crippen molar-refractivity contribution < 1.29 is 4.79 Å². The highest BCUT2D eigenvalue weighted by Gasteiger charge is 2.36. The Balaban J connectivity index is 2.55. The lowest BCUT2D eigenvalue weighted by atomic mass is 9.86. The number of hydrogen-bond donors (Lipinski definition) is 0. The molecule has 2 rings (SSSR count). The maximum atomic E-state index is 12.9. The summed E-state index contributed by atoms with van der Waals surface area (Å²) in [5, 5.41) is 0. The van der Waals surface area contributed by atoms with Crippen LogP contribution in [0.25, 0.3) is 0 Å². The summed E-state index contributed by atoms with van der Waals surface area (Å²) in [7, 11) is 0.839. The lowest BCUT2D eigenvalue weighted by molar-refractivity contribution is 0.108. The van der Waals surface area contributed by atoms with Crippen molar-refractivity contribution in [3.8, 4) is 0 Å². The fourth-order valence-corrected chi connectivity index (χ4v) is 5.15. The zero-order valence-electron chi connectivity index (χ0n) is 16.0. The highest BCUT2D eigenvalue weighted by molar-refractivity contribution is 7.51. The monoisotopic (exact) mass is 328 g/mol. The van der Waals surface area contributed by atoms with E-state index in [1.165, 1.54) is 21.6 Å². The molecule has 0 aliphatic rings. The molecule has 2 aromatic carbocycles. The van der Waals surface area contributed by atoms with Crippen LogP contribution in [0.5, 0.6) is 0 Å². The minimum Gasteiger partial charge on any atom is -0.284 e. The van der Waals surface area contributed by atoms with Gasteiger partial charge in [0.1, 0.15) is 0 Å². The van der Waals surface area contributed by atoms with Gasteiger partial charge in [0, 0.05) is 10.5 Å². The Labute approximate surface area is 142 Å². The number of carbonyl (C=O) groups excluding carboxylic acids is 1. The molecule has 124 valence electrons. The Morgan fingerprint density at radius 3 is 1.57 bits per heavy atom. The topological polar surface area (TPSA) is 17.1 Å². The predicted molar refractivity (Wildman–Crippen MR) is 101 cm³/mol. The van der Waals surface area contributed by atoms with Crippen LogP contribution in [-0.2, 0) is 10.8 Å². The van der Waals surface area contributed by atoms with Gasteiger partial charge in [-0.1, -0.05) is 59.2 Å². The van der Waals surface area contributed by atoms with Gasteiger partial charge in [0.25, 0.3) is 0 Å². The van der Waals surface area contributed by atoms with Crippen molar-refractivity contribution >= 4 is 13.7 Å². The van der Waals surface area contributed by atoms with E-state index in [1.54, 1.807) is 0 Å². The molecular weight excluding hydrogens is 299 g/mol. The standard InChI is InChI=1S/C21H29OP/c1-12-10-13(2)15(14(3)11-12)19(22)23-18-16(20(4,5)6)17(18)21(7,8)9/h10-11H,1-9H3. The van der Waals surface area contributed by atoms with Gasteiger partial charge in [0.2, 0.25) is 5.52 Å². The molecule has 0 N–H and O–H groups in total. The number of carbonyl (C=O) groups is 1. The third kappa shape index (κ3) is 3.66. The van der Waals surface area contributed by atoms with Gasteiger partial charge in [-0.05, 0) is 62.1 Å². The molecular formula is C21H29OP. The summed E-state index contributed by atoms with van der Waals surface area (Å²) < 4.78 is 0. The van der Waals surface area contributed by atoms with Gasteiger partial charge in [0.15, 0.2) is 0 Å². The van der Waals surface area contributed by atoms with Crippen molar-refractivity contribution in [3.63, 3.8) is 0 Å². The van der Waals surface area contributed by atoms with E-state index < -0.39 is 0 Å². The minimum atomic E-state index is 0.114. The van der Waals surface area contributed by atoms with Crippen LogP contribution in [0.2, 0.25) is 0 Å². The van der Waals surface area contributed by atoms with E-state index in [0.29, 0.717) is 0 Å². The summed E-state index contributed by atoms with van der Waals surface area (Å²) in [4.78, 5) is 14.2. The van der Waals surface area contributed by atoms with E-state index in [0.717, 1.165) is 24.9 Å². The molecule has 0 aliphatic carbocycles. The van der Waals surface area contributed by atoms with Gasteiger partial charge in [-0.15, -0.1) is 0 Å². The molecule has 0 aromatic heterocycles. The van der Waals surface area contributed by atoms with Crippen LogP contribution >= 0.6 is 8.20 Å². The van der Waals surface area contributed by atoms with E-state index >= 15 is 0 Å². The average molecular weight is 328 g/mol. The second-order valence-electron chi connectivity index (χ2n) is 8.79. The third-order valence-electron chi connectivity index (χ3n) is 4.27. The lowest BCUT2D eigenvalue weighted by Crippen LogP contribution is -2.12. The molecule has 0 saturated heterocycles. The highest BCUT2D eigenvalue weighted by Crippen LogP contribution is 2.46. The summed E-state index contributed by atoms with van der Waals surface area (Å²) in [6.45, 7) is 19.6. The molecule has 0 fully saturated rings. The van der Waals surface area contributed by atoms with Crippen LogP contribution in [0.4, 0.5) is 0 Å². The van der Waals surface area contributed by atoms with Crippen molar-refractivity contribution in [1.29, 1.82) is 0 Å². The van der Waals surface area contributed by atoms with Crippen molar-refractivity contribution in [1.82, 2.24) is 0 Å². The molecule has 23 heavy (non-hydrogen) atoms. The maximum absolute atomic E-state index is 12.9. The van der Waals surface area contributed by atoms with Crippen LogP contribution in [0, 0.1) is 25.7 Å². The molecule has 1 nitrogen and oxygen atoms in total. The Kier molecular flexibility index (Phi) is 4.50. The van der Waals surface area contributed by atoms with Gasteiger partial charge in [-0.3, -0.25) is 4.79 Å². The van der Waals surface area contributed by atoms with Crippen molar-refractivity contribution in [2.75, 3.05) is 0 Å². The Morgan fingerprint density at radius 2 is 1.22 bits per heavy atom. The second kappa shape index (κ2) is 5.71. The van der Waals surface area contributed by atoms with Gasteiger partial charge < -0.3 is 0 Å². The zero-order chi connectivity index (χ0) is 17.7. The normalized spacial score (nSPS) is 13.1. The first-order chi connectivity index (χ1) is 10.3.